The van der Waals surface area contributed by atoms with Gasteiger partial charge in [-0.05, 0) is 48.4 Å². The SMILES string of the molecule is FCCCOc1cccc(CNCCc2c[nH]c3cccc(Cl)c23)c1. The largest absolute Gasteiger partial charge is 0.493 e. The number of hydrogen-bond donors (Lipinski definition) is 2. The first-order valence-corrected chi connectivity index (χ1v) is 8.88. The summed E-state index contributed by atoms with van der Waals surface area (Å²) in [5.41, 5.74) is 3.44. The number of benzene rings is 2. The first kappa shape index (κ1) is 17.8. The maximum Gasteiger partial charge on any atom is 0.119 e. The Kier molecular flexibility index (Phi) is 6.31. The van der Waals surface area contributed by atoms with Crippen LogP contribution in [0.15, 0.2) is 48.7 Å². The van der Waals surface area contributed by atoms with Crippen LogP contribution in [0.5, 0.6) is 5.75 Å². The van der Waals surface area contributed by atoms with Crippen molar-refractivity contribution in [2.24, 2.45) is 0 Å². The summed E-state index contributed by atoms with van der Waals surface area (Å²) in [6.45, 7) is 1.68. The molecule has 2 aromatic carbocycles. The average Bonchev–Trinajstić information content (AvgIpc) is 3.04. The van der Waals surface area contributed by atoms with E-state index in [0.29, 0.717) is 13.0 Å². The van der Waals surface area contributed by atoms with Gasteiger partial charge in [0.2, 0.25) is 0 Å². The summed E-state index contributed by atoms with van der Waals surface area (Å²) >= 11 is 6.30. The van der Waals surface area contributed by atoms with Crippen LogP contribution in [0, 0.1) is 0 Å². The molecule has 0 saturated carbocycles. The molecule has 5 heteroatoms. The predicted octanol–water partition coefficient (Wildman–Crippen LogP) is 4.89. The second kappa shape index (κ2) is 8.88. The lowest BCUT2D eigenvalue weighted by atomic mass is 10.1. The van der Waals surface area contributed by atoms with Gasteiger partial charge in [-0.25, -0.2) is 0 Å². The Morgan fingerprint density at radius 2 is 2.04 bits per heavy atom. The number of nitrogens with one attached hydrogen (secondary N) is 2. The zero-order valence-electron chi connectivity index (χ0n) is 14.0. The van der Waals surface area contributed by atoms with Crippen LogP contribution in [0.1, 0.15) is 17.5 Å². The molecule has 0 atom stereocenters. The van der Waals surface area contributed by atoms with Gasteiger partial charge in [0.15, 0.2) is 0 Å². The molecule has 25 heavy (non-hydrogen) atoms. The van der Waals surface area contributed by atoms with Crippen LogP contribution in [0.25, 0.3) is 10.9 Å². The lowest BCUT2D eigenvalue weighted by molar-refractivity contribution is 0.289. The van der Waals surface area contributed by atoms with Crippen LogP contribution in [0.2, 0.25) is 5.02 Å². The minimum Gasteiger partial charge on any atom is -0.493 e. The molecule has 0 aliphatic carbocycles. The van der Waals surface area contributed by atoms with Crippen molar-refractivity contribution in [3.8, 4) is 5.75 Å². The molecular weight excluding hydrogens is 339 g/mol. The molecule has 3 rings (SSSR count). The van der Waals surface area contributed by atoms with Crippen molar-refractivity contribution in [3.05, 3.63) is 64.8 Å². The minimum absolute atomic E-state index is 0.348. The number of H-pyrrole nitrogens is 1. The van der Waals surface area contributed by atoms with Crippen molar-refractivity contribution < 1.29 is 9.13 Å². The minimum atomic E-state index is -0.348. The molecule has 2 N–H and O–H groups in total. The highest BCUT2D eigenvalue weighted by Gasteiger charge is 2.06. The Balaban J connectivity index is 1.50. The molecule has 1 aromatic heterocycles. The zero-order chi connectivity index (χ0) is 17.5. The standard InChI is InChI=1S/C20H22ClFN2O/c21-18-6-2-7-19-20(18)16(14-24-19)8-10-23-13-15-4-1-5-17(12-15)25-11-3-9-22/h1-2,4-7,12,14,23-24H,3,8-11,13H2. The van der Waals surface area contributed by atoms with Crippen LogP contribution in [-0.4, -0.2) is 24.8 Å². The molecule has 0 unspecified atom stereocenters. The van der Waals surface area contributed by atoms with Gasteiger partial charge < -0.3 is 15.0 Å². The van der Waals surface area contributed by atoms with E-state index in [-0.39, 0.29) is 6.67 Å². The number of aromatic nitrogens is 1. The Morgan fingerprint density at radius 3 is 2.92 bits per heavy atom. The molecule has 0 aliphatic heterocycles. The van der Waals surface area contributed by atoms with Gasteiger partial charge in [0.1, 0.15) is 5.75 Å². The van der Waals surface area contributed by atoms with Gasteiger partial charge in [0, 0.05) is 30.1 Å². The van der Waals surface area contributed by atoms with Crippen molar-refractivity contribution in [3.63, 3.8) is 0 Å². The van der Waals surface area contributed by atoms with E-state index in [1.807, 2.05) is 42.6 Å². The maximum absolute atomic E-state index is 12.1. The molecule has 0 radical (unpaired) electrons. The van der Waals surface area contributed by atoms with Crippen LogP contribution < -0.4 is 10.1 Å². The number of alkyl halides is 1. The number of aromatic amines is 1. The van der Waals surface area contributed by atoms with Crippen molar-refractivity contribution in [1.82, 2.24) is 10.3 Å². The Bertz CT molecular complexity index is 818. The molecule has 0 spiro atoms. The van der Waals surface area contributed by atoms with Crippen molar-refractivity contribution in [2.45, 2.75) is 19.4 Å². The van der Waals surface area contributed by atoms with Crippen molar-refractivity contribution in [2.75, 3.05) is 19.8 Å². The summed E-state index contributed by atoms with van der Waals surface area (Å²) in [4.78, 5) is 3.26. The average molecular weight is 361 g/mol. The highest BCUT2D eigenvalue weighted by Crippen LogP contribution is 2.26. The fourth-order valence-electron chi connectivity index (χ4n) is 2.85. The summed E-state index contributed by atoms with van der Waals surface area (Å²) in [7, 11) is 0. The summed E-state index contributed by atoms with van der Waals surface area (Å²) in [5, 5.41) is 5.34. The Morgan fingerprint density at radius 1 is 1.16 bits per heavy atom. The van der Waals surface area contributed by atoms with Crippen LogP contribution in [0.3, 0.4) is 0 Å². The van der Waals surface area contributed by atoms with Gasteiger partial charge in [-0.1, -0.05) is 29.8 Å². The number of ether oxygens (including phenoxy) is 1. The van der Waals surface area contributed by atoms with E-state index < -0.39 is 0 Å². The van der Waals surface area contributed by atoms with Crippen LogP contribution in [0.4, 0.5) is 4.39 Å². The molecule has 0 bridgehead atoms. The topological polar surface area (TPSA) is 37.0 Å². The van der Waals surface area contributed by atoms with Gasteiger partial charge >= 0.3 is 0 Å². The van der Waals surface area contributed by atoms with Gasteiger partial charge in [0.25, 0.3) is 0 Å². The quantitative estimate of drug-likeness (QED) is 0.533. The summed E-state index contributed by atoms with van der Waals surface area (Å²) in [6, 6.07) is 13.8. The lowest BCUT2D eigenvalue weighted by Gasteiger charge is -2.08. The van der Waals surface area contributed by atoms with E-state index in [2.05, 4.69) is 16.4 Å². The second-order valence-corrected chi connectivity index (χ2v) is 6.35. The number of hydrogen-bond acceptors (Lipinski definition) is 2. The van der Waals surface area contributed by atoms with E-state index in [1.54, 1.807) is 0 Å². The first-order chi connectivity index (χ1) is 12.3. The van der Waals surface area contributed by atoms with E-state index >= 15 is 0 Å². The zero-order valence-corrected chi connectivity index (χ0v) is 14.8. The van der Waals surface area contributed by atoms with E-state index in [0.717, 1.165) is 46.7 Å². The maximum atomic E-state index is 12.1. The smallest absolute Gasteiger partial charge is 0.119 e. The van der Waals surface area contributed by atoms with Crippen LogP contribution in [-0.2, 0) is 13.0 Å². The Labute approximate surface area is 152 Å². The summed E-state index contributed by atoms with van der Waals surface area (Å²) < 4.78 is 17.6. The third-order valence-electron chi connectivity index (χ3n) is 4.08. The molecule has 0 fully saturated rings. The normalized spacial score (nSPS) is 11.1. The molecule has 3 nitrogen and oxygen atoms in total. The summed E-state index contributed by atoms with van der Waals surface area (Å²) in [6.07, 6.45) is 3.35. The number of halogens is 2. The monoisotopic (exact) mass is 360 g/mol. The molecule has 3 aromatic rings. The van der Waals surface area contributed by atoms with Crippen LogP contribution >= 0.6 is 11.6 Å². The lowest BCUT2D eigenvalue weighted by Crippen LogP contribution is -2.16. The molecule has 0 saturated heterocycles. The van der Waals surface area contributed by atoms with Gasteiger partial charge in [-0.2, -0.15) is 0 Å². The Hall–Kier alpha value is -2.04. The highest BCUT2D eigenvalue weighted by atomic mass is 35.5. The first-order valence-electron chi connectivity index (χ1n) is 8.51. The fraction of sp³-hybridized carbons (Fsp3) is 0.300. The summed E-state index contributed by atoms with van der Waals surface area (Å²) in [5.74, 6) is 0.788. The highest BCUT2D eigenvalue weighted by molar-refractivity contribution is 6.35. The third-order valence-corrected chi connectivity index (χ3v) is 4.40. The fourth-order valence-corrected chi connectivity index (χ4v) is 3.15. The van der Waals surface area contributed by atoms with Crippen molar-refractivity contribution >= 4 is 22.5 Å². The molecule has 0 aliphatic rings. The molecular formula is C20H22ClFN2O. The number of fused-ring (bicyclic) bond motifs is 1. The number of rotatable bonds is 9. The van der Waals surface area contributed by atoms with E-state index in [4.69, 9.17) is 16.3 Å². The molecule has 132 valence electrons. The predicted molar refractivity (Wildman–Crippen MR) is 101 cm³/mol. The third kappa shape index (κ3) is 4.74. The molecule has 0 amide bonds. The second-order valence-electron chi connectivity index (χ2n) is 5.94. The van der Waals surface area contributed by atoms with E-state index in [1.165, 1.54) is 5.56 Å². The van der Waals surface area contributed by atoms with Gasteiger partial charge in [0.05, 0.1) is 18.3 Å². The van der Waals surface area contributed by atoms with E-state index in [9.17, 15) is 4.39 Å². The van der Waals surface area contributed by atoms with Crippen molar-refractivity contribution in [1.29, 1.82) is 0 Å². The molecule has 1 heterocycles. The van der Waals surface area contributed by atoms with Gasteiger partial charge in [-0.15, -0.1) is 0 Å². The van der Waals surface area contributed by atoms with Gasteiger partial charge in [-0.3, -0.25) is 4.39 Å².